The third-order valence-corrected chi connectivity index (χ3v) is 2.49. The van der Waals surface area contributed by atoms with Crippen molar-refractivity contribution in [2.45, 2.75) is 13.8 Å². The molecule has 2 rings (SSSR count). The molecule has 7 heteroatoms. The second kappa shape index (κ2) is 5.47. The first kappa shape index (κ1) is 13.0. The molecule has 0 bridgehead atoms. The van der Waals surface area contributed by atoms with Gasteiger partial charge in [0.05, 0.1) is 23.8 Å². The molecule has 100 valence electrons. The number of amides is 1. The molecule has 0 aliphatic carbocycles. The predicted molar refractivity (Wildman–Crippen MR) is 72.1 cm³/mol. The molecule has 2 N–H and O–H groups in total. The lowest BCUT2D eigenvalue weighted by molar-refractivity contribution is 0.102. The fourth-order valence-electron chi connectivity index (χ4n) is 1.65. The number of nitrogens with one attached hydrogen (secondary N) is 2. The van der Waals surface area contributed by atoms with Crippen LogP contribution in [0.4, 0.5) is 11.5 Å². The first-order valence-corrected chi connectivity index (χ1v) is 5.97. The van der Waals surface area contributed by atoms with Gasteiger partial charge in [-0.05, 0) is 13.8 Å². The van der Waals surface area contributed by atoms with Gasteiger partial charge in [-0.2, -0.15) is 5.10 Å². The Morgan fingerprint density at radius 2 is 2.21 bits per heavy atom. The summed E-state index contributed by atoms with van der Waals surface area (Å²) >= 11 is 0. The minimum absolute atomic E-state index is 0.265. The van der Waals surface area contributed by atoms with Crippen molar-refractivity contribution in [1.82, 2.24) is 19.7 Å². The summed E-state index contributed by atoms with van der Waals surface area (Å²) in [6, 6.07) is 0. The lowest BCUT2D eigenvalue weighted by atomic mass is 10.3. The normalized spacial score (nSPS) is 10.3. The van der Waals surface area contributed by atoms with E-state index in [2.05, 4.69) is 25.7 Å². The van der Waals surface area contributed by atoms with Gasteiger partial charge in [0.1, 0.15) is 11.5 Å². The fourth-order valence-corrected chi connectivity index (χ4v) is 1.65. The molecule has 1 amide bonds. The highest BCUT2D eigenvalue weighted by Gasteiger charge is 2.12. The van der Waals surface area contributed by atoms with E-state index in [-0.39, 0.29) is 11.6 Å². The van der Waals surface area contributed by atoms with Crippen molar-refractivity contribution in [2.24, 2.45) is 7.05 Å². The van der Waals surface area contributed by atoms with Crippen LogP contribution in [0.1, 0.15) is 23.1 Å². The minimum Gasteiger partial charge on any atom is -0.369 e. The predicted octanol–water partition coefficient (Wildman–Crippen LogP) is 1.20. The molecular formula is C12H16N6O. The van der Waals surface area contributed by atoms with Crippen LogP contribution in [0.5, 0.6) is 0 Å². The van der Waals surface area contributed by atoms with Crippen molar-refractivity contribution in [3.63, 3.8) is 0 Å². The van der Waals surface area contributed by atoms with Gasteiger partial charge in [-0.25, -0.2) is 4.98 Å². The van der Waals surface area contributed by atoms with Crippen LogP contribution in [0.2, 0.25) is 0 Å². The summed E-state index contributed by atoms with van der Waals surface area (Å²) in [4.78, 5) is 20.2. The van der Waals surface area contributed by atoms with Crippen molar-refractivity contribution in [3.05, 3.63) is 30.0 Å². The topological polar surface area (TPSA) is 84.7 Å². The Morgan fingerprint density at radius 3 is 2.84 bits per heavy atom. The van der Waals surface area contributed by atoms with Gasteiger partial charge in [0.2, 0.25) is 0 Å². The Morgan fingerprint density at radius 1 is 1.42 bits per heavy atom. The van der Waals surface area contributed by atoms with Gasteiger partial charge in [-0.15, -0.1) is 0 Å². The van der Waals surface area contributed by atoms with E-state index in [0.717, 1.165) is 12.2 Å². The molecule has 2 aromatic heterocycles. The molecule has 19 heavy (non-hydrogen) atoms. The summed E-state index contributed by atoms with van der Waals surface area (Å²) in [5.74, 6) is 0.279. The van der Waals surface area contributed by atoms with Gasteiger partial charge in [-0.3, -0.25) is 14.5 Å². The third kappa shape index (κ3) is 3.06. The number of rotatable bonds is 4. The number of carbonyl (C=O) groups is 1. The van der Waals surface area contributed by atoms with Crippen molar-refractivity contribution in [3.8, 4) is 0 Å². The van der Waals surface area contributed by atoms with Crippen LogP contribution in [0, 0.1) is 6.92 Å². The minimum atomic E-state index is -0.302. The molecule has 0 unspecified atom stereocenters. The van der Waals surface area contributed by atoms with E-state index in [9.17, 15) is 4.79 Å². The lowest BCUT2D eigenvalue weighted by Gasteiger charge is -2.05. The zero-order chi connectivity index (χ0) is 13.8. The van der Waals surface area contributed by atoms with Crippen molar-refractivity contribution < 1.29 is 4.79 Å². The van der Waals surface area contributed by atoms with Gasteiger partial charge in [-0.1, -0.05) is 0 Å². The maximum atomic E-state index is 12.1. The highest BCUT2D eigenvalue weighted by molar-refractivity contribution is 6.03. The summed E-state index contributed by atoms with van der Waals surface area (Å²) in [6.45, 7) is 4.51. The number of hydrogen-bond acceptors (Lipinski definition) is 5. The molecule has 0 aliphatic rings. The van der Waals surface area contributed by atoms with Crippen LogP contribution in [0.25, 0.3) is 0 Å². The van der Waals surface area contributed by atoms with E-state index in [4.69, 9.17) is 0 Å². The third-order valence-electron chi connectivity index (χ3n) is 2.49. The number of anilines is 2. The molecule has 0 atom stereocenters. The van der Waals surface area contributed by atoms with Crippen LogP contribution in [0.15, 0.2) is 18.6 Å². The quantitative estimate of drug-likeness (QED) is 0.863. The van der Waals surface area contributed by atoms with Crippen LogP contribution in [0.3, 0.4) is 0 Å². The highest BCUT2D eigenvalue weighted by Crippen LogP contribution is 2.12. The van der Waals surface area contributed by atoms with Crippen molar-refractivity contribution in [1.29, 1.82) is 0 Å². The van der Waals surface area contributed by atoms with Crippen molar-refractivity contribution >= 4 is 17.4 Å². The van der Waals surface area contributed by atoms with Gasteiger partial charge in [0.25, 0.3) is 5.91 Å². The van der Waals surface area contributed by atoms with E-state index < -0.39 is 0 Å². The molecule has 2 aromatic rings. The molecule has 0 radical (unpaired) electrons. The zero-order valence-corrected chi connectivity index (χ0v) is 11.1. The number of hydrogen-bond donors (Lipinski definition) is 2. The number of aromatic nitrogens is 4. The van der Waals surface area contributed by atoms with Gasteiger partial charge in [0.15, 0.2) is 0 Å². The average molecular weight is 260 g/mol. The molecule has 0 spiro atoms. The second-order valence-electron chi connectivity index (χ2n) is 4.08. The number of nitrogens with zero attached hydrogens (tertiary/aromatic N) is 4. The van der Waals surface area contributed by atoms with E-state index in [0.29, 0.717) is 11.5 Å². The van der Waals surface area contributed by atoms with E-state index in [1.54, 1.807) is 24.1 Å². The summed E-state index contributed by atoms with van der Waals surface area (Å²) < 4.78 is 1.64. The molecule has 7 nitrogen and oxygen atoms in total. The number of aryl methyl sites for hydroxylation is 2. The van der Waals surface area contributed by atoms with E-state index >= 15 is 0 Å². The standard InChI is InChI=1S/C12H16N6O/c1-4-14-11-6-13-5-9(15-11)12(19)16-10-7-18(3)17-8(10)2/h5-7H,4H2,1-3H3,(H,14,15)(H,16,19). The molecular weight excluding hydrogens is 244 g/mol. The first-order chi connectivity index (χ1) is 9.10. The van der Waals surface area contributed by atoms with Gasteiger partial charge < -0.3 is 10.6 Å². The van der Waals surface area contributed by atoms with Crippen LogP contribution in [-0.2, 0) is 7.05 Å². The second-order valence-corrected chi connectivity index (χ2v) is 4.08. The Hall–Kier alpha value is -2.44. The summed E-state index contributed by atoms with van der Waals surface area (Å²) in [5.41, 5.74) is 1.69. The SMILES string of the molecule is CCNc1cncc(C(=O)Nc2cn(C)nc2C)n1. The zero-order valence-electron chi connectivity index (χ0n) is 11.1. The fraction of sp³-hybridized carbons (Fsp3) is 0.333. The highest BCUT2D eigenvalue weighted by atomic mass is 16.1. The molecule has 0 aromatic carbocycles. The molecule has 2 heterocycles. The summed E-state index contributed by atoms with van der Waals surface area (Å²) in [6.07, 6.45) is 4.76. The van der Waals surface area contributed by atoms with Crippen LogP contribution in [-0.4, -0.2) is 32.2 Å². The van der Waals surface area contributed by atoms with E-state index in [1.807, 2.05) is 13.8 Å². The Bertz CT molecular complexity index is 592. The van der Waals surface area contributed by atoms with Gasteiger partial charge >= 0.3 is 0 Å². The molecule has 0 saturated heterocycles. The monoisotopic (exact) mass is 260 g/mol. The Kier molecular flexibility index (Phi) is 3.74. The summed E-state index contributed by atoms with van der Waals surface area (Å²) in [5, 5.41) is 9.93. The van der Waals surface area contributed by atoms with Gasteiger partial charge in [0, 0.05) is 19.8 Å². The van der Waals surface area contributed by atoms with Crippen LogP contribution < -0.4 is 10.6 Å². The molecule has 0 saturated carbocycles. The first-order valence-electron chi connectivity index (χ1n) is 5.97. The maximum absolute atomic E-state index is 12.1. The average Bonchev–Trinajstić information content (AvgIpc) is 2.68. The largest absolute Gasteiger partial charge is 0.369 e. The Labute approximate surface area is 111 Å². The van der Waals surface area contributed by atoms with E-state index in [1.165, 1.54) is 6.20 Å². The maximum Gasteiger partial charge on any atom is 0.276 e. The van der Waals surface area contributed by atoms with Crippen LogP contribution >= 0.6 is 0 Å². The summed E-state index contributed by atoms with van der Waals surface area (Å²) in [7, 11) is 1.80. The van der Waals surface area contributed by atoms with Crippen molar-refractivity contribution in [2.75, 3.05) is 17.2 Å². The lowest BCUT2D eigenvalue weighted by Crippen LogP contribution is -2.15. The molecule has 0 aliphatic heterocycles. The Balaban J connectivity index is 2.15. The molecule has 0 fully saturated rings. The smallest absolute Gasteiger partial charge is 0.276 e. The number of carbonyl (C=O) groups excluding carboxylic acids is 1.